The van der Waals surface area contributed by atoms with Gasteiger partial charge in [0.05, 0.1) is 6.42 Å². The summed E-state index contributed by atoms with van der Waals surface area (Å²) >= 11 is 0. The molecule has 0 aliphatic heterocycles. The number of ether oxygens (including phenoxy) is 1. The SMILES string of the molecule is COC1(CC(=O)O)C=CC=CC1O. The lowest BCUT2D eigenvalue weighted by Gasteiger charge is -2.32. The number of rotatable bonds is 3. The zero-order chi connectivity index (χ0) is 9.90. The summed E-state index contributed by atoms with van der Waals surface area (Å²) in [4.78, 5) is 10.5. The van der Waals surface area contributed by atoms with Gasteiger partial charge in [-0.2, -0.15) is 0 Å². The summed E-state index contributed by atoms with van der Waals surface area (Å²) in [7, 11) is 1.38. The van der Waals surface area contributed by atoms with Crippen molar-refractivity contribution < 1.29 is 19.7 Å². The van der Waals surface area contributed by atoms with E-state index in [4.69, 9.17) is 9.84 Å². The summed E-state index contributed by atoms with van der Waals surface area (Å²) in [5.74, 6) is -0.999. The maximum Gasteiger partial charge on any atom is 0.306 e. The van der Waals surface area contributed by atoms with E-state index in [1.54, 1.807) is 18.2 Å². The molecular weight excluding hydrogens is 172 g/mol. The number of carboxylic acid groups (broad SMARTS) is 1. The largest absolute Gasteiger partial charge is 0.481 e. The third-order valence-corrected chi connectivity index (χ3v) is 2.09. The van der Waals surface area contributed by atoms with Crippen molar-refractivity contribution in [1.29, 1.82) is 0 Å². The highest BCUT2D eigenvalue weighted by molar-refractivity contribution is 5.69. The number of allylic oxidation sites excluding steroid dienone is 2. The average Bonchev–Trinajstić information content (AvgIpc) is 2.08. The molecule has 4 heteroatoms. The van der Waals surface area contributed by atoms with Gasteiger partial charge in [0.2, 0.25) is 0 Å². The van der Waals surface area contributed by atoms with Crippen molar-refractivity contribution in [3.8, 4) is 0 Å². The molecule has 2 N–H and O–H groups in total. The Hall–Kier alpha value is -1.13. The van der Waals surface area contributed by atoms with Crippen molar-refractivity contribution in [3.63, 3.8) is 0 Å². The number of carbonyl (C=O) groups is 1. The summed E-state index contributed by atoms with van der Waals surface area (Å²) in [6, 6.07) is 0. The van der Waals surface area contributed by atoms with Crippen molar-refractivity contribution in [2.45, 2.75) is 18.1 Å². The van der Waals surface area contributed by atoms with E-state index >= 15 is 0 Å². The van der Waals surface area contributed by atoms with Crippen molar-refractivity contribution in [1.82, 2.24) is 0 Å². The first-order chi connectivity index (χ1) is 6.10. The highest BCUT2D eigenvalue weighted by atomic mass is 16.5. The fraction of sp³-hybridized carbons (Fsp3) is 0.444. The number of aliphatic carboxylic acids is 1. The van der Waals surface area contributed by atoms with Crippen LogP contribution >= 0.6 is 0 Å². The Labute approximate surface area is 76.1 Å². The molecule has 13 heavy (non-hydrogen) atoms. The van der Waals surface area contributed by atoms with Gasteiger partial charge in [0, 0.05) is 7.11 Å². The molecule has 0 aromatic rings. The lowest BCUT2D eigenvalue weighted by Crippen LogP contribution is -2.44. The van der Waals surface area contributed by atoms with Crippen LogP contribution < -0.4 is 0 Å². The fourth-order valence-electron chi connectivity index (χ4n) is 1.31. The Morgan fingerprint density at radius 2 is 2.31 bits per heavy atom. The monoisotopic (exact) mass is 184 g/mol. The minimum Gasteiger partial charge on any atom is -0.481 e. The van der Waals surface area contributed by atoms with Crippen LogP contribution in [0.1, 0.15) is 6.42 Å². The van der Waals surface area contributed by atoms with Gasteiger partial charge < -0.3 is 14.9 Å². The van der Waals surface area contributed by atoms with E-state index in [0.29, 0.717) is 0 Å². The van der Waals surface area contributed by atoms with Gasteiger partial charge in [-0.3, -0.25) is 4.79 Å². The smallest absolute Gasteiger partial charge is 0.306 e. The molecule has 1 aliphatic carbocycles. The molecule has 2 atom stereocenters. The number of aliphatic hydroxyl groups excluding tert-OH is 1. The van der Waals surface area contributed by atoms with Crippen molar-refractivity contribution in [2.75, 3.05) is 7.11 Å². The first kappa shape index (κ1) is 9.95. The van der Waals surface area contributed by atoms with Gasteiger partial charge in [-0.1, -0.05) is 18.2 Å². The van der Waals surface area contributed by atoms with Crippen LogP contribution in [0.25, 0.3) is 0 Å². The molecular formula is C9H12O4. The van der Waals surface area contributed by atoms with Gasteiger partial charge in [-0.25, -0.2) is 0 Å². The minimum atomic E-state index is -1.11. The zero-order valence-corrected chi connectivity index (χ0v) is 7.30. The van der Waals surface area contributed by atoms with E-state index in [1.165, 1.54) is 13.2 Å². The molecule has 0 aromatic carbocycles. The van der Waals surface area contributed by atoms with Crippen molar-refractivity contribution in [3.05, 3.63) is 24.3 Å². The molecule has 72 valence electrons. The van der Waals surface area contributed by atoms with Gasteiger partial charge in [0.1, 0.15) is 11.7 Å². The second-order valence-corrected chi connectivity index (χ2v) is 2.92. The predicted octanol–water partition coefficient (Wildman–Crippen LogP) is 0.333. The molecule has 0 fully saturated rings. The molecule has 0 saturated heterocycles. The van der Waals surface area contributed by atoms with Gasteiger partial charge in [0.15, 0.2) is 0 Å². The molecule has 0 amide bonds. The van der Waals surface area contributed by atoms with E-state index < -0.39 is 17.7 Å². The third-order valence-electron chi connectivity index (χ3n) is 2.09. The highest BCUT2D eigenvalue weighted by Gasteiger charge is 2.37. The summed E-state index contributed by atoms with van der Waals surface area (Å²) in [6.45, 7) is 0. The molecule has 0 spiro atoms. The molecule has 0 bridgehead atoms. The number of methoxy groups -OCH3 is 1. The molecule has 0 saturated carbocycles. The quantitative estimate of drug-likeness (QED) is 0.663. The maximum absolute atomic E-state index is 10.5. The number of hydrogen-bond donors (Lipinski definition) is 2. The Morgan fingerprint density at radius 1 is 1.62 bits per heavy atom. The van der Waals surface area contributed by atoms with Crippen molar-refractivity contribution >= 4 is 5.97 Å². The lowest BCUT2D eigenvalue weighted by atomic mass is 9.89. The van der Waals surface area contributed by atoms with Crippen LogP contribution in [-0.4, -0.2) is 35.0 Å². The summed E-state index contributed by atoms with van der Waals surface area (Å²) in [6.07, 6.45) is 5.24. The van der Waals surface area contributed by atoms with Crippen LogP contribution in [0.5, 0.6) is 0 Å². The number of hydrogen-bond acceptors (Lipinski definition) is 3. The molecule has 0 aromatic heterocycles. The van der Waals surface area contributed by atoms with Gasteiger partial charge >= 0.3 is 5.97 Å². The second-order valence-electron chi connectivity index (χ2n) is 2.92. The highest BCUT2D eigenvalue weighted by Crippen LogP contribution is 2.25. The first-order valence-corrected chi connectivity index (χ1v) is 3.92. The third kappa shape index (κ3) is 1.96. The van der Waals surface area contributed by atoms with E-state index in [-0.39, 0.29) is 6.42 Å². The van der Waals surface area contributed by atoms with E-state index in [9.17, 15) is 9.90 Å². The minimum absolute atomic E-state index is 0.245. The lowest BCUT2D eigenvalue weighted by molar-refractivity contribution is -0.145. The van der Waals surface area contributed by atoms with Gasteiger partial charge in [-0.05, 0) is 6.08 Å². The van der Waals surface area contributed by atoms with Gasteiger partial charge in [0.25, 0.3) is 0 Å². The van der Waals surface area contributed by atoms with E-state index in [1.807, 2.05) is 0 Å². The summed E-state index contributed by atoms with van der Waals surface area (Å²) in [5.41, 5.74) is -1.11. The van der Waals surface area contributed by atoms with E-state index in [0.717, 1.165) is 0 Å². The Balaban J connectivity index is 2.85. The zero-order valence-electron chi connectivity index (χ0n) is 7.30. The Bertz CT molecular complexity index is 256. The van der Waals surface area contributed by atoms with E-state index in [2.05, 4.69) is 0 Å². The molecule has 0 heterocycles. The summed E-state index contributed by atoms with van der Waals surface area (Å²) < 4.78 is 5.03. The molecule has 0 radical (unpaired) electrons. The second kappa shape index (κ2) is 3.72. The molecule has 1 aliphatic rings. The topological polar surface area (TPSA) is 66.8 Å². The van der Waals surface area contributed by atoms with Crippen molar-refractivity contribution in [2.24, 2.45) is 0 Å². The van der Waals surface area contributed by atoms with Crippen LogP contribution in [0.4, 0.5) is 0 Å². The van der Waals surface area contributed by atoms with Crippen LogP contribution in [0.15, 0.2) is 24.3 Å². The Kier molecular flexibility index (Phi) is 2.85. The molecule has 4 nitrogen and oxygen atoms in total. The van der Waals surface area contributed by atoms with Gasteiger partial charge in [-0.15, -0.1) is 0 Å². The first-order valence-electron chi connectivity index (χ1n) is 3.92. The number of carboxylic acids is 1. The Morgan fingerprint density at radius 3 is 2.77 bits per heavy atom. The average molecular weight is 184 g/mol. The maximum atomic E-state index is 10.5. The normalized spacial score (nSPS) is 32.0. The predicted molar refractivity (Wildman–Crippen MR) is 46.3 cm³/mol. The standard InChI is InChI=1S/C9H12O4/c1-13-9(6-8(11)12)5-3-2-4-7(9)10/h2-5,7,10H,6H2,1H3,(H,11,12). The van der Waals surface area contributed by atoms with Crippen LogP contribution in [0.2, 0.25) is 0 Å². The van der Waals surface area contributed by atoms with Crippen LogP contribution in [0, 0.1) is 0 Å². The van der Waals surface area contributed by atoms with Crippen LogP contribution in [0.3, 0.4) is 0 Å². The number of aliphatic hydroxyl groups is 1. The molecule has 1 rings (SSSR count). The molecule has 2 unspecified atom stereocenters. The summed E-state index contributed by atoms with van der Waals surface area (Å²) in [5, 5.41) is 18.2. The fourth-order valence-corrected chi connectivity index (χ4v) is 1.31. The van der Waals surface area contributed by atoms with Crippen LogP contribution in [-0.2, 0) is 9.53 Å².